The molecule has 0 aromatic heterocycles. The zero-order chi connectivity index (χ0) is 34.6. The van der Waals surface area contributed by atoms with E-state index in [0.29, 0.717) is 0 Å². The van der Waals surface area contributed by atoms with E-state index in [0.717, 1.165) is 18.2 Å². The SMILES string of the molecule is [2H]c1c([2H])c(C(F)(F)C(=O)N([2H])C([2H])([2H])c2ccc3c(c2)CN(C2([2H])C(=O)N([2H])C(=O)C([2H])([2H])C2([2H])[2H])C3=O)c([2H])c([2H])c1Cl. The van der Waals surface area contributed by atoms with Crippen molar-refractivity contribution >= 4 is 35.2 Å². The van der Waals surface area contributed by atoms with E-state index in [1.807, 2.05) is 0 Å². The summed E-state index contributed by atoms with van der Waals surface area (Å²) in [7, 11) is 0. The van der Waals surface area contributed by atoms with E-state index in [-0.39, 0.29) is 10.5 Å². The van der Waals surface area contributed by atoms with Crippen LogP contribution in [0.4, 0.5) is 8.78 Å². The maximum Gasteiger partial charge on any atom is 0.349 e. The van der Waals surface area contributed by atoms with Gasteiger partial charge in [0.25, 0.3) is 11.8 Å². The Morgan fingerprint density at radius 1 is 1.41 bits per heavy atom. The Morgan fingerprint density at radius 3 is 2.84 bits per heavy atom. The molecule has 2 N–H and O–H groups in total. The third-order valence-electron chi connectivity index (χ3n) is 4.34. The number of alkyl halides is 2. The number of hydrogen-bond donors (Lipinski definition) is 2. The number of nitrogens with one attached hydrogen (secondary N) is 2. The zero-order valence-corrected chi connectivity index (χ0v) is 16.3. The second-order valence-corrected chi connectivity index (χ2v) is 6.75. The van der Waals surface area contributed by atoms with Gasteiger partial charge in [-0.05, 0) is 35.7 Å². The van der Waals surface area contributed by atoms with Crippen molar-refractivity contribution in [3.63, 3.8) is 0 Å². The van der Waals surface area contributed by atoms with Crippen molar-refractivity contribution in [2.75, 3.05) is 0 Å². The molecule has 166 valence electrons. The van der Waals surface area contributed by atoms with Crippen molar-refractivity contribution in [2.24, 2.45) is 0 Å². The topological polar surface area (TPSA) is 95.6 Å². The molecule has 7 nitrogen and oxygen atoms in total. The molecule has 0 spiro atoms. The van der Waals surface area contributed by atoms with Crippen molar-refractivity contribution in [3.8, 4) is 0 Å². The van der Waals surface area contributed by atoms with Crippen LogP contribution >= 0.6 is 11.6 Å². The molecule has 0 bridgehead atoms. The van der Waals surface area contributed by atoms with Gasteiger partial charge in [-0.1, -0.05) is 35.8 Å². The van der Waals surface area contributed by atoms with Crippen LogP contribution in [0.5, 0.6) is 0 Å². The van der Waals surface area contributed by atoms with E-state index in [4.69, 9.17) is 29.5 Å². The number of benzene rings is 2. The van der Waals surface area contributed by atoms with E-state index >= 15 is 8.78 Å². The summed E-state index contributed by atoms with van der Waals surface area (Å²) in [5.74, 6) is -12.7. The van der Waals surface area contributed by atoms with Gasteiger partial charge < -0.3 is 10.2 Å². The van der Waals surface area contributed by atoms with Gasteiger partial charge in [0.15, 0.2) is 2.82 Å². The highest BCUT2D eigenvalue weighted by Crippen LogP contribution is 2.30. The lowest BCUT2D eigenvalue weighted by atomic mass is 10.0. The minimum atomic E-state index is -4.99. The first-order valence-electron chi connectivity index (χ1n) is 15.0. The van der Waals surface area contributed by atoms with E-state index in [1.54, 1.807) is 0 Å². The lowest BCUT2D eigenvalue weighted by molar-refractivity contribution is -0.147. The normalized spacial score (nSPS) is 30.5. The van der Waals surface area contributed by atoms with Gasteiger partial charge in [-0.3, -0.25) is 24.5 Å². The second-order valence-electron chi connectivity index (χ2n) is 6.38. The molecule has 1 atom stereocenters. The molecule has 32 heavy (non-hydrogen) atoms. The number of carbonyl (C=O) groups is 4. The van der Waals surface area contributed by atoms with Gasteiger partial charge in [-0.15, -0.1) is 0 Å². The summed E-state index contributed by atoms with van der Waals surface area (Å²) >= 11 is 5.61. The van der Waals surface area contributed by atoms with Crippen LogP contribution in [0, 0.1) is 0 Å². The van der Waals surface area contributed by atoms with Crippen molar-refractivity contribution in [2.45, 2.75) is 37.7 Å². The highest BCUT2D eigenvalue weighted by molar-refractivity contribution is 6.30. The maximum atomic E-state index is 15.3. The fourth-order valence-corrected chi connectivity index (χ4v) is 2.93. The van der Waals surface area contributed by atoms with Crippen LogP contribution in [0.15, 0.2) is 42.4 Å². The summed E-state index contributed by atoms with van der Waals surface area (Å²) in [6.45, 7) is -4.38. The summed E-state index contributed by atoms with van der Waals surface area (Å²) in [6.07, 6.45) is -7.35. The van der Waals surface area contributed by atoms with Crippen molar-refractivity contribution in [1.29, 1.82) is 0 Å². The third kappa shape index (κ3) is 4.08. The molecule has 1 fully saturated rings. The Balaban J connectivity index is 1.72. The van der Waals surface area contributed by atoms with Crippen molar-refractivity contribution in [3.05, 3.63) is 69.6 Å². The fourth-order valence-electron chi connectivity index (χ4n) is 2.84. The van der Waals surface area contributed by atoms with Gasteiger partial charge in [-0.25, -0.2) is 0 Å². The molecule has 4 rings (SSSR count). The predicted molar refractivity (Wildman–Crippen MR) is 110 cm³/mol. The number of piperidine rings is 1. The van der Waals surface area contributed by atoms with Crippen LogP contribution in [0.3, 0.4) is 0 Å². The summed E-state index contributed by atoms with van der Waals surface area (Å²) in [5.41, 5.74) is -3.22. The summed E-state index contributed by atoms with van der Waals surface area (Å²) in [6, 6.07) is -6.23. The minimum Gasteiger partial charge on any atom is -0.346 e. The highest BCUT2D eigenvalue weighted by Gasteiger charge is 2.41. The van der Waals surface area contributed by atoms with Gasteiger partial charge in [0.1, 0.15) is 6.02 Å². The molecule has 2 aliphatic heterocycles. The molecule has 1 unspecified atom stereocenters. The van der Waals surface area contributed by atoms with Gasteiger partial charge in [0, 0.05) is 41.0 Å². The largest absolute Gasteiger partial charge is 0.349 e. The standard InChI is InChI=1S/C22H18ClF2N3O4/c23-15-4-2-14(3-5-15)22(24,25)21(32)26-10-12-1-6-16-13(9-12)11-28(20(16)31)17-7-8-18(29)27-19(17)30/h1-6,9,17H,7-8,10-11H2,(H,26,32)(H,27,29,30)/i2D,3D,4D,5D,7D2,8D2,10D2,17D/hD2. The monoisotopic (exact) mass is 474 g/mol. The van der Waals surface area contributed by atoms with Gasteiger partial charge in [0.05, 0.1) is 9.60 Å². The van der Waals surface area contributed by atoms with Crippen LogP contribution in [0.1, 0.15) is 54.9 Å². The molecule has 4 amide bonds. The lowest BCUT2D eigenvalue weighted by Crippen LogP contribution is -2.52. The maximum absolute atomic E-state index is 15.3. The van der Waals surface area contributed by atoms with E-state index in [1.165, 1.54) is 0 Å². The van der Waals surface area contributed by atoms with Crippen LogP contribution < -0.4 is 10.6 Å². The smallest absolute Gasteiger partial charge is 0.346 e. The molecule has 0 radical (unpaired) electrons. The minimum absolute atomic E-state index is 0.200. The number of rotatable bonds is 5. The molecule has 2 aliphatic rings. The average molecular weight is 475 g/mol. The van der Waals surface area contributed by atoms with E-state index in [9.17, 15) is 19.2 Å². The number of nitrogens with zero attached hydrogens (tertiary/aromatic N) is 1. The second kappa shape index (κ2) is 8.31. The molecule has 2 aromatic rings. The molecule has 0 aliphatic carbocycles. The first-order chi connectivity index (χ1) is 20.3. The Hall–Kier alpha value is -3.33. The molecule has 2 aromatic carbocycles. The van der Waals surface area contributed by atoms with Crippen LogP contribution in [-0.4, -0.2) is 34.5 Å². The van der Waals surface area contributed by atoms with Crippen LogP contribution in [0.25, 0.3) is 0 Å². The Morgan fingerprint density at radius 2 is 2.12 bits per heavy atom. The molecular weight excluding hydrogens is 444 g/mol. The number of halogens is 3. The van der Waals surface area contributed by atoms with Gasteiger partial charge in [0.2, 0.25) is 11.8 Å². The predicted octanol–water partition coefficient (Wildman–Crippen LogP) is 2.51. The van der Waals surface area contributed by atoms with Crippen LogP contribution in [0.2, 0.25) is 7.85 Å². The molecule has 10 heteroatoms. The molecular formula is C22H18ClF2N3O4. The summed E-state index contributed by atoms with van der Waals surface area (Å²) in [4.78, 5) is 51.1. The zero-order valence-electron chi connectivity index (χ0n) is 28.5. The fraction of sp³-hybridized carbons (Fsp3) is 0.273. The lowest BCUT2D eigenvalue weighted by Gasteiger charge is -2.29. The van der Waals surface area contributed by atoms with E-state index in [2.05, 4.69) is 0 Å². The Bertz CT molecular complexity index is 1680. The quantitative estimate of drug-likeness (QED) is 0.651. The third-order valence-corrected chi connectivity index (χ3v) is 4.53. The van der Waals surface area contributed by atoms with Crippen molar-refractivity contribution < 1.29 is 45.9 Å². The molecule has 1 saturated heterocycles. The first kappa shape index (κ1) is 11.0. The number of amides is 4. The summed E-state index contributed by atoms with van der Waals surface area (Å²) in [5, 5.41) is -2.25. The number of fused-ring (bicyclic) bond motifs is 1. The van der Waals surface area contributed by atoms with Gasteiger partial charge in [-0.2, -0.15) is 8.78 Å². The number of hydrogen-bond acceptors (Lipinski definition) is 4. The number of imide groups is 1. The molecule has 0 saturated carbocycles. The van der Waals surface area contributed by atoms with E-state index < -0.39 is 118 Å². The molecule has 2 heterocycles. The van der Waals surface area contributed by atoms with Crippen molar-refractivity contribution in [1.82, 2.24) is 15.5 Å². The number of carbonyl (C=O) groups excluding carboxylic acids is 4. The summed E-state index contributed by atoms with van der Waals surface area (Å²) < 4.78 is 134. The Labute approximate surface area is 205 Å². The van der Waals surface area contributed by atoms with Crippen LogP contribution in [-0.2, 0) is 33.3 Å². The highest BCUT2D eigenvalue weighted by atomic mass is 35.5. The first-order valence-corrected chi connectivity index (χ1v) is 9.01. The average Bonchev–Trinajstić information content (AvgIpc) is 3.31. The Kier molecular flexibility index (Phi) is 2.86. The van der Waals surface area contributed by atoms with Gasteiger partial charge >= 0.3 is 5.92 Å².